The minimum atomic E-state index is -1.19. The highest BCUT2D eigenvalue weighted by molar-refractivity contribution is 6.08. The highest BCUT2D eigenvalue weighted by atomic mass is 16.5. The van der Waals surface area contributed by atoms with Crippen LogP contribution in [0.15, 0.2) is 54.7 Å². The van der Waals surface area contributed by atoms with Crippen molar-refractivity contribution in [3.63, 3.8) is 0 Å². The number of aryl methyl sites for hydroxylation is 1. The van der Waals surface area contributed by atoms with Crippen molar-refractivity contribution in [3.8, 4) is 11.5 Å². The standard InChI is InChI=1S/C22H27BN2O4/c1-14(18(24)11-15-5-3-2-4-6-15)25-12-17(13-25)29-19-8-7-16(9-10-23)21(26)20(19)22(27)28/h2-8,17-18,26H,1,9-13,23-24H2,(H,27,28). The van der Waals surface area contributed by atoms with Gasteiger partial charge in [-0.3, -0.25) is 0 Å². The molecule has 2 aromatic carbocycles. The number of nitrogens with two attached hydrogens (primary N) is 1. The fraction of sp³-hybridized carbons (Fsp3) is 0.318. The predicted octanol–water partition coefficient (Wildman–Crippen LogP) is 1.83. The van der Waals surface area contributed by atoms with Gasteiger partial charge in [0, 0.05) is 11.7 Å². The van der Waals surface area contributed by atoms with Crippen molar-refractivity contribution in [1.82, 2.24) is 4.90 Å². The molecule has 0 bridgehead atoms. The first-order valence-corrected chi connectivity index (χ1v) is 9.88. The van der Waals surface area contributed by atoms with Crippen LogP contribution in [-0.2, 0) is 12.8 Å². The van der Waals surface area contributed by atoms with E-state index in [1.54, 1.807) is 12.1 Å². The number of likely N-dealkylation sites (tertiary alicyclic amines) is 1. The van der Waals surface area contributed by atoms with Crippen LogP contribution in [0.4, 0.5) is 0 Å². The zero-order chi connectivity index (χ0) is 21.0. The Morgan fingerprint density at radius 3 is 2.59 bits per heavy atom. The predicted molar refractivity (Wildman–Crippen MR) is 115 cm³/mol. The fourth-order valence-electron chi connectivity index (χ4n) is 3.54. The van der Waals surface area contributed by atoms with Crippen LogP contribution >= 0.6 is 0 Å². The van der Waals surface area contributed by atoms with Crippen LogP contribution in [0.5, 0.6) is 11.5 Å². The van der Waals surface area contributed by atoms with Crippen molar-refractivity contribution in [1.29, 1.82) is 0 Å². The zero-order valence-electron chi connectivity index (χ0n) is 16.7. The molecule has 2 aromatic rings. The van der Waals surface area contributed by atoms with E-state index in [0.717, 1.165) is 17.6 Å². The molecular weight excluding hydrogens is 367 g/mol. The summed E-state index contributed by atoms with van der Waals surface area (Å²) >= 11 is 0. The minimum Gasteiger partial charge on any atom is -0.507 e. The van der Waals surface area contributed by atoms with Gasteiger partial charge in [-0.1, -0.05) is 49.3 Å². The molecule has 1 fully saturated rings. The van der Waals surface area contributed by atoms with Crippen molar-refractivity contribution in [2.75, 3.05) is 13.1 Å². The Hall–Kier alpha value is -2.93. The maximum atomic E-state index is 11.6. The third-order valence-electron chi connectivity index (χ3n) is 5.23. The van der Waals surface area contributed by atoms with Gasteiger partial charge in [0.15, 0.2) is 0 Å². The molecule has 1 heterocycles. The van der Waals surface area contributed by atoms with Crippen LogP contribution in [0.3, 0.4) is 0 Å². The summed E-state index contributed by atoms with van der Waals surface area (Å²) in [6.45, 7) is 5.28. The van der Waals surface area contributed by atoms with Gasteiger partial charge in [-0.2, -0.15) is 0 Å². The summed E-state index contributed by atoms with van der Waals surface area (Å²) in [6, 6.07) is 13.2. The number of benzene rings is 2. The number of ether oxygens (including phenoxy) is 1. The van der Waals surface area contributed by atoms with Gasteiger partial charge in [-0.25, -0.2) is 4.79 Å². The van der Waals surface area contributed by atoms with Gasteiger partial charge in [-0.15, -0.1) is 0 Å². The van der Waals surface area contributed by atoms with E-state index < -0.39 is 5.97 Å². The number of rotatable bonds is 9. The first-order valence-electron chi connectivity index (χ1n) is 9.88. The van der Waals surface area contributed by atoms with E-state index in [2.05, 4.69) is 6.58 Å². The quantitative estimate of drug-likeness (QED) is 0.562. The Morgan fingerprint density at radius 1 is 1.28 bits per heavy atom. The SMILES string of the molecule is BCCc1ccc(OC2CN(C(=C)C(N)Cc3ccccc3)C2)c(C(=O)O)c1O. The van der Waals surface area contributed by atoms with Gasteiger partial charge in [0.05, 0.1) is 13.1 Å². The highest BCUT2D eigenvalue weighted by Gasteiger charge is 2.33. The molecule has 29 heavy (non-hydrogen) atoms. The number of aromatic hydroxyl groups is 1. The lowest BCUT2D eigenvalue weighted by Crippen LogP contribution is -2.55. The van der Waals surface area contributed by atoms with Gasteiger partial charge in [0.2, 0.25) is 0 Å². The molecule has 0 saturated carbocycles. The molecular formula is C22H27BN2O4. The smallest absolute Gasteiger partial charge is 0.343 e. The molecule has 3 rings (SSSR count). The molecule has 4 N–H and O–H groups in total. The average molecular weight is 394 g/mol. The number of phenols is 1. The molecule has 1 aliphatic rings. The number of aromatic carboxylic acids is 1. The summed E-state index contributed by atoms with van der Waals surface area (Å²) in [4.78, 5) is 13.7. The summed E-state index contributed by atoms with van der Waals surface area (Å²) in [7, 11) is 1.97. The van der Waals surface area contributed by atoms with E-state index in [1.165, 1.54) is 0 Å². The van der Waals surface area contributed by atoms with Crippen LogP contribution in [0.1, 0.15) is 21.5 Å². The van der Waals surface area contributed by atoms with E-state index in [4.69, 9.17) is 10.5 Å². The first-order chi connectivity index (χ1) is 13.9. The maximum Gasteiger partial charge on any atom is 0.343 e. The Kier molecular flexibility index (Phi) is 6.49. The molecule has 7 heteroatoms. The molecule has 1 saturated heterocycles. The maximum absolute atomic E-state index is 11.6. The van der Waals surface area contributed by atoms with Crippen LogP contribution in [-0.4, -0.2) is 54.2 Å². The van der Waals surface area contributed by atoms with Gasteiger partial charge < -0.3 is 25.6 Å². The van der Waals surface area contributed by atoms with E-state index in [1.807, 2.05) is 43.1 Å². The Labute approximate surface area is 172 Å². The van der Waals surface area contributed by atoms with Gasteiger partial charge in [0.25, 0.3) is 0 Å². The molecule has 1 atom stereocenters. The number of hydrogen-bond acceptors (Lipinski definition) is 5. The second kappa shape index (κ2) is 9.05. The fourth-order valence-corrected chi connectivity index (χ4v) is 3.54. The largest absolute Gasteiger partial charge is 0.507 e. The topological polar surface area (TPSA) is 96.0 Å². The van der Waals surface area contributed by atoms with Crippen LogP contribution < -0.4 is 10.5 Å². The molecule has 0 radical (unpaired) electrons. The lowest BCUT2D eigenvalue weighted by molar-refractivity contribution is 0.0381. The van der Waals surface area contributed by atoms with Crippen molar-refractivity contribution >= 4 is 13.8 Å². The van der Waals surface area contributed by atoms with Crippen molar-refractivity contribution in [2.45, 2.75) is 31.3 Å². The van der Waals surface area contributed by atoms with E-state index in [9.17, 15) is 15.0 Å². The third kappa shape index (κ3) is 4.74. The summed E-state index contributed by atoms with van der Waals surface area (Å²) < 4.78 is 5.87. The third-order valence-corrected chi connectivity index (χ3v) is 5.23. The first kappa shape index (κ1) is 20.8. The summed E-state index contributed by atoms with van der Waals surface area (Å²) in [5.74, 6) is -1.21. The average Bonchev–Trinajstić information content (AvgIpc) is 2.66. The van der Waals surface area contributed by atoms with E-state index >= 15 is 0 Å². The van der Waals surface area contributed by atoms with Gasteiger partial charge in [0.1, 0.15) is 31.0 Å². The number of carboxylic acids is 1. The van der Waals surface area contributed by atoms with E-state index in [-0.39, 0.29) is 29.2 Å². The van der Waals surface area contributed by atoms with Crippen LogP contribution in [0.2, 0.25) is 6.32 Å². The normalized spacial score (nSPS) is 14.9. The molecule has 0 aromatic heterocycles. The van der Waals surface area contributed by atoms with Crippen molar-refractivity contribution in [2.24, 2.45) is 5.73 Å². The second-order valence-corrected chi connectivity index (χ2v) is 7.43. The van der Waals surface area contributed by atoms with Crippen molar-refractivity contribution in [3.05, 3.63) is 71.4 Å². The zero-order valence-corrected chi connectivity index (χ0v) is 16.7. The number of carboxylic acid groups (broad SMARTS) is 1. The van der Waals surface area contributed by atoms with Crippen molar-refractivity contribution < 1.29 is 19.7 Å². The summed E-state index contributed by atoms with van der Waals surface area (Å²) in [5.41, 5.74) is 8.74. The minimum absolute atomic E-state index is 0.172. The van der Waals surface area contributed by atoms with Crippen LogP contribution in [0, 0.1) is 0 Å². The Morgan fingerprint density at radius 2 is 1.97 bits per heavy atom. The Bertz CT molecular complexity index is 882. The molecule has 0 amide bonds. The molecule has 0 spiro atoms. The number of nitrogens with zero attached hydrogens (tertiary/aromatic N) is 1. The Balaban J connectivity index is 1.59. The number of hydrogen-bond donors (Lipinski definition) is 3. The summed E-state index contributed by atoms with van der Waals surface area (Å²) in [5, 5.41) is 19.8. The molecule has 0 aliphatic carbocycles. The second-order valence-electron chi connectivity index (χ2n) is 7.43. The van der Waals surface area contributed by atoms with Gasteiger partial charge in [-0.05, 0) is 30.0 Å². The van der Waals surface area contributed by atoms with Gasteiger partial charge >= 0.3 is 5.97 Å². The monoisotopic (exact) mass is 394 g/mol. The lowest BCUT2D eigenvalue weighted by atomic mass is 9.95. The highest BCUT2D eigenvalue weighted by Crippen LogP contribution is 2.34. The molecule has 1 aliphatic heterocycles. The molecule has 152 valence electrons. The molecule has 1 unspecified atom stereocenters. The summed E-state index contributed by atoms with van der Waals surface area (Å²) in [6.07, 6.45) is 1.96. The number of carbonyl (C=O) groups is 1. The molecule has 6 nitrogen and oxygen atoms in total. The van der Waals surface area contributed by atoms with E-state index in [0.29, 0.717) is 31.5 Å². The lowest BCUT2D eigenvalue weighted by Gasteiger charge is -2.43. The van der Waals surface area contributed by atoms with Crippen LogP contribution in [0.25, 0.3) is 0 Å².